The lowest BCUT2D eigenvalue weighted by atomic mass is 9.97. The SMILES string of the molecule is C#CCCC1(OCC=C)C=CCC1. The Kier molecular flexibility index (Phi) is 3.79. The average molecular weight is 176 g/mol. The van der Waals surface area contributed by atoms with Gasteiger partial charge in [0, 0.05) is 6.42 Å². The maximum absolute atomic E-state index is 5.74. The number of ether oxygens (including phenoxy) is 1. The highest BCUT2D eigenvalue weighted by molar-refractivity contribution is 5.10. The molecular weight excluding hydrogens is 160 g/mol. The number of hydrogen-bond acceptors (Lipinski definition) is 1. The van der Waals surface area contributed by atoms with Crippen LogP contribution in [-0.2, 0) is 4.74 Å². The molecule has 1 heteroatoms. The van der Waals surface area contributed by atoms with Crippen molar-refractivity contribution in [2.24, 2.45) is 0 Å². The topological polar surface area (TPSA) is 9.23 Å². The summed E-state index contributed by atoms with van der Waals surface area (Å²) in [5.74, 6) is 2.66. The predicted molar refractivity (Wildman–Crippen MR) is 55.3 cm³/mol. The predicted octanol–water partition coefficient (Wildman–Crippen LogP) is 2.69. The van der Waals surface area contributed by atoms with Crippen molar-refractivity contribution in [3.05, 3.63) is 24.8 Å². The van der Waals surface area contributed by atoms with E-state index in [4.69, 9.17) is 11.2 Å². The average Bonchev–Trinajstić information content (AvgIpc) is 2.61. The molecule has 0 N–H and O–H groups in total. The van der Waals surface area contributed by atoms with Crippen LogP contribution in [0.1, 0.15) is 25.7 Å². The Hall–Kier alpha value is -1.00. The first-order chi connectivity index (χ1) is 6.33. The van der Waals surface area contributed by atoms with Crippen molar-refractivity contribution in [1.29, 1.82) is 0 Å². The fourth-order valence-corrected chi connectivity index (χ4v) is 1.62. The third-order valence-electron chi connectivity index (χ3n) is 2.34. The molecule has 0 amide bonds. The minimum absolute atomic E-state index is 0.0967. The number of hydrogen-bond donors (Lipinski definition) is 0. The monoisotopic (exact) mass is 176 g/mol. The van der Waals surface area contributed by atoms with Gasteiger partial charge >= 0.3 is 0 Å². The molecule has 1 nitrogen and oxygen atoms in total. The second kappa shape index (κ2) is 4.89. The second-order valence-corrected chi connectivity index (χ2v) is 3.31. The van der Waals surface area contributed by atoms with Gasteiger partial charge < -0.3 is 4.74 Å². The zero-order valence-electron chi connectivity index (χ0n) is 7.96. The van der Waals surface area contributed by atoms with Crippen LogP contribution < -0.4 is 0 Å². The lowest BCUT2D eigenvalue weighted by molar-refractivity contribution is 0.00331. The molecule has 1 unspecified atom stereocenters. The fraction of sp³-hybridized carbons (Fsp3) is 0.500. The van der Waals surface area contributed by atoms with Crippen LogP contribution in [0.4, 0.5) is 0 Å². The first kappa shape index (κ1) is 10.1. The molecule has 1 atom stereocenters. The van der Waals surface area contributed by atoms with E-state index in [1.54, 1.807) is 6.08 Å². The molecule has 1 aliphatic rings. The quantitative estimate of drug-likeness (QED) is 0.462. The maximum Gasteiger partial charge on any atom is 0.0878 e. The number of rotatable bonds is 5. The van der Waals surface area contributed by atoms with Gasteiger partial charge in [0.25, 0.3) is 0 Å². The third kappa shape index (κ3) is 2.75. The van der Waals surface area contributed by atoms with Crippen LogP contribution in [0, 0.1) is 12.3 Å². The largest absolute Gasteiger partial charge is 0.367 e. The summed E-state index contributed by atoms with van der Waals surface area (Å²) in [6.07, 6.45) is 15.2. The molecule has 1 rings (SSSR count). The molecule has 0 aromatic carbocycles. The van der Waals surface area contributed by atoms with E-state index in [1.165, 1.54) is 0 Å². The van der Waals surface area contributed by atoms with E-state index in [9.17, 15) is 0 Å². The number of terminal acetylenes is 1. The van der Waals surface area contributed by atoms with E-state index >= 15 is 0 Å². The number of allylic oxidation sites excluding steroid dienone is 1. The van der Waals surface area contributed by atoms with E-state index in [-0.39, 0.29) is 5.60 Å². The first-order valence-electron chi connectivity index (χ1n) is 4.69. The molecule has 0 fully saturated rings. The second-order valence-electron chi connectivity index (χ2n) is 3.31. The summed E-state index contributed by atoms with van der Waals surface area (Å²) in [5.41, 5.74) is -0.0967. The van der Waals surface area contributed by atoms with Crippen molar-refractivity contribution in [2.75, 3.05) is 6.61 Å². The summed E-state index contributed by atoms with van der Waals surface area (Å²) in [4.78, 5) is 0. The van der Waals surface area contributed by atoms with E-state index < -0.39 is 0 Å². The van der Waals surface area contributed by atoms with Gasteiger partial charge in [-0.15, -0.1) is 18.9 Å². The van der Waals surface area contributed by atoms with Crippen LogP contribution in [-0.4, -0.2) is 12.2 Å². The zero-order chi connectivity index (χ0) is 9.57. The molecule has 1 aliphatic carbocycles. The molecule has 0 aliphatic heterocycles. The highest BCUT2D eigenvalue weighted by Gasteiger charge is 2.29. The van der Waals surface area contributed by atoms with E-state index in [0.717, 1.165) is 25.7 Å². The van der Waals surface area contributed by atoms with Crippen LogP contribution in [0.5, 0.6) is 0 Å². The van der Waals surface area contributed by atoms with E-state index in [2.05, 4.69) is 24.7 Å². The Bertz CT molecular complexity index is 234. The molecule has 0 aromatic heterocycles. The Morgan fingerprint density at radius 1 is 1.69 bits per heavy atom. The van der Waals surface area contributed by atoms with Gasteiger partial charge in [0.15, 0.2) is 0 Å². The molecule has 0 spiro atoms. The van der Waals surface area contributed by atoms with Gasteiger partial charge in [0.1, 0.15) is 0 Å². The smallest absolute Gasteiger partial charge is 0.0878 e. The molecule has 0 saturated carbocycles. The fourth-order valence-electron chi connectivity index (χ4n) is 1.62. The van der Waals surface area contributed by atoms with Crippen LogP contribution >= 0.6 is 0 Å². The lowest BCUT2D eigenvalue weighted by Crippen LogP contribution is -2.27. The van der Waals surface area contributed by atoms with Crippen molar-refractivity contribution in [1.82, 2.24) is 0 Å². The summed E-state index contributed by atoms with van der Waals surface area (Å²) < 4.78 is 5.74. The van der Waals surface area contributed by atoms with Crippen LogP contribution in [0.25, 0.3) is 0 Å². The minimum atomic E-state index is -0.0967. The van der Waals surface area contributed by atoms with Crippen molar-refractivity contribution in [3.8, 4) is 12.3 Å². The maximum atomic E-state index is 5.74. The normalized spacial score (nSPS) is 25.8. The van der Waals surface area contributed by atoms with Crippen LogP contribution in [0.3, 0.4) is 0 Å². The van der Waals surface area contributed by atoms with Crippen molar-refractivity contribution >= 4 is 0 Å². The Labute approximate surface area is 80.5 Å². The summed E-state index contributed by atoms with van der Waals surface area (Å²) in [6.45, 7) is 4.25. The van der Waals surface area contributed by atoms with Crippen molar-refractivity contribution in [2.45, 2.75) is 31.3 Å². The van der Waals surface area contributed by atoms with Crippen molar-refractivity contribution < 1.29 is 4.74 Å². The standard InChI is InChI=1S/C12H16O/c1-3-5-8-12(13-11-4-2)9-6-7-10-12/h1,4,6,9H,2,5,7-8,10-11H2. The highest BCUT2D eigenvalue weighted by Crippen LogP contribution is 2.31. The molecule has 0 saturated heterocycles. The summed E-state index contributed by atoms with van der Waals surface area (Å²) in [5, 5.41) is 0. The van der Waals surface area contributed by atoms with Gasteiger partial charge in [0.2, 0.25) is 0 Å². The van der Waals surface area contributed by atoms with Crippen LogP contribution in [0.15, 0.2) is 24.8 Å². The van der Waals surface area contributed by atoms with Gasteiger partial charge in [-0.3, -0.25) is 0 Å². The van der Waals surface area contributed by atoms with Gasteiger partial charge in [-0.1, -0.05) is 18.2 Å². The molecular formula is C12H16O. The molecule has 0 radical (unpaired) electrons. The zero-order valence-corrected chi connectivity index (χ0v) is 7.96. The first-order valence-corrected chi connectivity index (χ1v) is 4.69. The molecule has 0 heterocycles. The Morgan fingerprint density at radius 2 is 2.54 bits per heavy atom. The van der Waals surface area contributed by atoms with E-state index in [0.29, 0.717) is 6.61 Å². The third-order valence-corrected chi connectivity index (χ3v) is 2.34. The van der Waals surface area contributed by atoms with Gasteiger partial charge in [-0.05, 0) is 19.3 Å². The van der Waals surface area contributed by atoms with Gasteiger partial charge in [-0.2, -0.15) is 0 Å². The van der Waals surface area contributed by atoms with Gasteiger partial charge in [0.05, 0.1) is 12.2 Å². The molecule has 0 bridgehead atoms. The van der Waals surface area contributed by atoms with E-state index in [1.807, 2.05) is 0 Å². The summed E-state index contributed by atoms with van der Waals surface area (Å²) in [6, 6.07) is 0. The summed E-state index contributed by atoms with van der Waals surface area (Å²) >= 11 is 0. The van der Waals surface area contributed by atoms with Gasteiger partial charge in [-0.25, -0.2) is 0 Å². The molecule has 0 aromatic rings. The Morgan fingerprint density at radius 3 is 3.08 bits per heavy atom. The summed E-state index contributed by atoms with van der Waals surface area (Å²) in [7, 11) is 0. The molecule has 13 heavy (non-hydrogen) atoms. The van der Waals surface area contributed by atoms with Crippen LogP contribution in [0.2, 0.25) is 0 Å². The highest BCUT2D eigenvalue weighted by atomic mass is 16.5. The minimum Gasteiger partial charge on any atom is -0.367 e. The molecule has 70 valence electrons. The Balaban J connectivity index is 2.48. The van der Waals surface area contributed by atoms with Crippen molar-refractivity contribution in [3.63, 3.8) is 0 Å². The lowest BCUT2D eigenvalue weighted by Gasteiger charge is -2.26.